The third kappa shape index (κ3) is 7.14. The number of hydrogen-bond donors (Lipinski definition) is 3. The molecule has 0 fully saturated rings. The Morgan fingerprint density at radius 1 is 1.06 bits per heavy atom. The van der Waals surface area contributed by atoms with Crippen molar-refractivity contribution in [3.05, 3.63) is 60.4 Å². The first-order chi connectivity index (χ1) is 15.7. The number of ether oxygens (including phenoxy) is 1. The Labute approximate surface area is 217 Å². The van der Waals surface area contributed by atoms with Crippen LogP contribution in [0.15, 0.2) is 40.8 Å². The van der Waals surface area contributed by atoms with Gasteiger partial charge in [-0.3, -0.25) is 4.79 Å². The molecule has 0 aliphatic heterocycles. The zero-order valence-corrected chi connectivity index (χ0v) is 22.1. The van der Waals surface area contributed by atoms with Gasteiger partial charge in [-0.25, -0.2) is 9.59 Å². The van der Waals surface area contributed by atoms with Gasteiger partial charge in [0, 0.05) is 23.9 Å². The van der Waals surface area contributed by atoms with Crippen LogP contribution in [0.2, 0.25) is 0 Å². The lowest BCUT2D eigenvalue weighted by Gasteiger charge is -2.11. The fraction of sp³-hybridized carbons (Fsp3) is 0.261. The van der Waals surface area contributed by atoms with Crippen molar-refractivity contribution in [2.45, 2.75) is 26.2 Å². The van der Waals surface area contributed by atoms with E-state index in [2.05, 4.69) is 52.1 Å². The molecule has 4 N–H and O–H groups in total. The predicted octanol–water partition coefficient (Wildman–Crippen LogP) is 4.71. The molecular formula is C23H23I2NO7. The molecule has 1 aromatic heterocycles. The summed E-state index contributed by atoms with van der Waals surface area (Å²) in [5.41, 5.74) is 7.63. The van der Waals surface area contributed by atoms with E-state index in [0.29, 0.717) is 24.3 Å². The van der Waals surface area contributed by atoms with E-state index in [1.807, 2.05) is 36.4 Å². The summed E-state index contributed by atoms with van der Waals surface area (Å²) in [4.78, 5) is 31.6. The van der Waals surface area contributed by atoms with Gasteiger partial charge in [0.2, 0.25) is 0 Å². The van der Waals surface area contributed by atoms with Gasteiger partial charge in [0.15, 0.2) is 5.78 Å². The molecule has 10 heteroatoms. The number of hydrogen-bond acceptors (Lipinski definition) is 6. The van der Waals surface area contributed by atoms with Crippen LogP contribution < -0.4 is 10.5 Å². The number of unbranched alkanes of at least 4 members (excludes halogenated alkanes) is 1. The van der Waals surface area contributed by atoms with Gasteiger partial charge in [0.25, 0.3) is 0 Å². The summed E-state index contributed by atoms with van der Waals surface area (Å²) < 4.78 is 13.5. The molecule has 2 aromatic carbocycles. The van der Waals surface area contributed by atoms with E-state index in [9.17, 15) is 4.79 Å². The number of nitrogens with two attached hydrogens (primary N) is 1. The average molecular weight is 679 g/mol. The fourth-order valence-corrected chi connectivity index (χ4v) is 5.07. The van der Waals surface area contributed by atoms with Crippen molar-refractivity contribution in [3.8, 4) is 5.75 Å². The normalized spacial score (nSPS) is 10.4. The van der Waals surface area contributed by atoms with Crippen LogP contribution in [0.1, 0.15) is 41.4 Å². The Balaban J connectivity index is 0.000000569. The monoisotopic (exact) mass is 679 g/mol. The molecule has 0 saturated heterocycles. The van der Waals surface area contributed by atoms with E-state index in [-0.39, 0.29) is 5.78 Å². The third-order valence-electron chi connectivity index (χ3n) is 4.46. The van der Waals surface area contributed by atoms with Crippen LogP contribution in [0.3, 0.4) is 0 Å². The molecule has 0 unspecified atom stereocenters. The molecule has 0 amide bonds. The van der Waals surface area contributed by atoms with Crippen molar-refractivity contribution in [3.63, 3.8) is 0 Å². The molecule has 0 saturated carbocycles. The molecule has 1 heterocycles. The number of rotatable bonds is 8. The molecule has 0 aliphatic rings. The first-order valence-electron chi connectivity index (χ1n) is 10.0. The number of aryl methyl sites for hydroxylation is 1. The molecular weight excluding hydrogens is 656 g/mol. The summed E-state index contributed by atoms with van der Waals surface area (Å²) in [6.07, 6.45) is 2.80. The van der Waals surface area contributed by atoms with Crippen LogP contribution in [-0.2, 0) is 16.0 Å². The lowest BCUT2D eigenvalue weighted by Crippen LogP contribution is -2.12. The number of fused-ring (bicyclic) bond motifs is 1. The second kappa shape index (κ2) is 12.9. The summed E-state index contributed by atoms with van der Waals surface area (Å²) in [6.45, 7) is 3.04. The molecule has 0 aliphatic carbocycles. The quantitative estimate of drug-likeness (QED) is 0.177. The van der Waals surface area contributed by atoms with Crippen molar-refractivity contribution in [1.29, 1.82) is 0 Å². The van der Waals surface area contributed by atoms with E-state index in [1.165, 1.54) is 0 Å². The van der Waals surface area contributed by atoms with Crippen LogP contribution >= 0.6 is 45.2 Å². The topological polar surface area (TPSA) is 140 Å². The Morgan fingerprint density at radius 2 is 1.67 bits per heavy atom. The molecule has 8 nitrogen and oxygen atoms in total. The van der Waals surface area contributed by atoms with Crippen molar-refractivity contribution in [2.75, 3.05) is 13.2 Å². The van der Waals surface area contributed by atoms with E-state index >= 15 is 0 Å². The summed E-state index contributed by atoms with van der Waals surface area (Å²) in [5, 5.41) is 15.7. The highest BCUT2D eigenvalue weighted by Gasteiger charge is 2.23. The maximum absolute atomic E-state index is 13.4. The van der Waals surface area contributed by atoms with Crippen molar-refractivity contribution < 1.29 is 33.8 Å². The smallest absolute Gasteiger partial charge is 0.414 e. The molecule has 3 aromatic rings. The van der Waals surface area contributed by atoms with Crippen LogP contribution in [0.4, 0.5) is 0 Å². The average Bonchev–Trinajstić information content (AvgIpc) is 3.15. The van der Waals surface area contributed by atoms with Crippen molar-refractivity contribution >= 4 is 73.9 Å². The Bertz CT molecular complexity index is 1120. The fourth-order valence-electron chi connectivity index (χ4n) is 2.99. The molecule has 0 spiro atoms. The number of ketones is 1. The van der Waals surface area contributed by atoms with Crippen LogP contribution in [0, 0.1) is 7.14 Å². The van der Waals surface area contributed by atoms with Crippen LogP contribution in [0.25, 0.3) is 11.0 Å². The molecule has 33 heavy (non-hydrogen) atoms. The van der Waals surface area contributed by atoms with E-state index in [4.69, 9.17) is 34.7 Å². The van der Waals surface area contributed by atoms with E-state index in [0.717, 1.165) is 48.9 Å². The Kier molecular flexibility index (Phi) is 10.6. The maximum Gasteiger partial charge on any atom is 0.414 e. The Morgan fingerprint density at radius 3 is 2.21 bits per heavy atom. The van der Waals surface area contributed by atoms with Crippen molar-refractivity contribution in [2.24, 2.45) is 5.73 Å². The van der Waals surface area contributed by atoms with Gasteiger partial charge in [-0.15, -0.1) is 0 Å². The number of carboxylic acid groups (broad SMARTS) is 2. The number of carbonyl (C=O) groups is 3. The highest BCUT2D eigenvalue weighted by Crippen LogP contribution is 2.33. The van der Waals surface area contributed by atoms with Gasteiger partial charge in [0.05, 0.1) is 12.7 Å². The van der Waals surface area contributed by atoms with Crippen LogP contribution in [0.5, 0.6) is 5.75 Å². The molecule has 0 bridgehead atoms. The first-order valence-corrected chi connectivity index (χ1v) is 12.2. The zero-order valence-electron chi connectivity index (χ0n) is 17.8. The standard InChI is InChI=1S/C21H21I2NO3.C2H2O4/c1-2-3-7-18-19(14-6-4-5-8-17(14)27-18)20(25)13-11-15(22)21(16(23)12-13)26-10-9-24;3-1(4)2(5)6/h4-6,8,11-12H,2-3,7,9-10,24H2,1H3;(H,3,4)(H,5,6). The van der Waals surface area contributed by atoms with Crippen LogP contribution in [-0.4, -0.2) is 41.1 Å². The largest absolute Gasteiger partial charge is 0.490 e. The van der Waals surface area contributed by atoms with Crippen molar-refractivity contribution in [1.82, 2.24) is 0 Å². The first kappa shape index (κ1) is 27.1. The molecule has 176 valence electrons. The zero-order chi connectivity index (χ0) is 24.5. The van der Waals surface area contributed by atoms with Gasteiger partial charge >= 0.3 is 11.9 Å². The predicted molar refractivity (Wildman–Crippen MR) is 140 cm³/mol. The second-order valence-electron chi connectivity index (χ2n) is 6.85. The molecule has 3 rings (SSSR count). The van der Waals surface area contributed by atoms with E-state index < -0.39 is 11.9 Å². The SMILES string of the molecule is CCCCc1oc2ccccc2c1C(=O)c1cc(I)c(OCCN)c(I)c1.O=C(O)C(=O)O. The number of furan rings is 1. The lowest BCUT2D eigenvalue weighted by atomic mass is 9.98. The van der Waals surface area contributed by atoms with E-state index in [1.54, 1.807) is 0 Å². The number of carbonyl (C=O) groups excluding carboxylic acids is 1. The number of carboxylic acids is 2. The molecule has 0 atom stereocenters. The molecule has 0 radical (unpaired) electrons. The number of aliphatic carboxylic acids is 2. The van der Waals surface area contributed by atoms with Gasteiger partial charge in [-0.05, 0) is 69.8 Å². The third-order valence-corrected chi connectivity index (χ3v) is 6.06. The number of para-hydroxylation sites is 1. The second-order valence-corrected chi connectivity index (χ2v) is 9.17. The summed E-state index contributed by atoms with van der Waals surface area (Å²) in [5.74, 6) is -2.10. The summed E-state index contributed by atoms with van der Waals surface area (Å²) >= 11 is 4.41. The van der Waals surface area contributed by atoms with Gasteiger partial charge in [-0.2, -0.15) is 0 Å². The number of halogens is 2. The Hall–Kier alpha value is -2.19. The van der Waals surface area contributed by atoms with Gasteiger partial charge in [0.1, 0.15) is 23.7 Å². The highest BCUT2D eigenvalue weighted by atomic mass is 127. The lowest BCUT2D eigenvalue weighted by molar-refractivity contribution is -0.159. The minimum absolute atomic E-state index is 0.00717. The minimum Gasteiger partial charge on any atom is -0.490 e. The minimum atomic E-state index is -1.82. The van der Waals surface area contributed by atoms with Gasteiger partial charge < -0.3 is 25.1 Å². The summed E-state index contributed by atoms with van der Waals surface area (Å²) in [6, 6.07) is 11.5. The maximum atomic E-state index is 13.4. The summed E-state index contributed by atoms with van der Waals surface area (Å²) in [7, 11) is 0. The highest BCUT2D eigenvalue weighted by molar-refractivity contribution is 14.1. The van der Waals surface area contributed by atoms with Gasteiger partial charge in [-0.1, -0.05) is 31.5 Å². The number of benzene rings is 2.